The topological polar surface area (TPSA) is 38.3 Å². The lowest BCUT2D eigenvalue weighted by molar-refractivity contribution is -0.120. The largest absolute Gasteiger partial charge is 0.496 e. The molecule has 0 saturated heterocycles. The monoisotopic (exact) mass is 301 g/mol. The van der Waals surface area contributed by atoms with Crippen LogP contribution in [0.4, 0.5) is 0 Å². The highest BCUT2D eigenvalue weighted by Gasteiger charge is 2.07. The molecule has 4 heteroatoms. The Balaban J connectivity index is 1.72. The number of nitrogens with one attached hydrogen (secondary N) is 1. The molecule has 1 amide bonds. The Bertz CT molecular complexity index is 572. The summed E-state index contributed by atoms with van der Waals surface area (Å²) in [5.41, 5.74) is 0.910. The van der Waals surface area contributed by atoms with Crippen LogP contribution >= 0.6 is 11.8 Å². The SMILES string of the molecule is COc1ccccc1CC(=O)NCCSc1ccccc1. The van der Waals surface area contributed by atoms with Crippen LogP contribution in [-0.2, 0) is 11.2 Å². The summed E-state index contributed by atoms with van der Waals surface area (Å²) >= 11 is 1.74. The summed E-state index contributed by atoms with van der Waals surface area (Å²) in [5.74, 6) is 1.64. The van der Waals surface area contributed by atoms with Gasteiger partial charge in [0.15, 0.2) is 0 Å². The number of methoxy groups -OCH3 is 1. The third-order valence-corrected chi connectivity index (χ3v) is 3.99. The molecule has 2 rings (SSSR count). The first-order valence-corrected chi connectivity index (χ1v) is 7.84. The zero-order valence-corrected chi connectivity index (χ0v) is 12.9. The van der Waals surface area contributed by atoms with Crippen LogP contribution in [0.2, 0.25) is 0 Å². The number of thioether (sulfide) groups is 1. The van der Waals surface area contributed by atoms with E-state index in [0.717, 1.165) is 17.1 Å². The summed E-state index contributed by atoms with van der Waals surface area (Å²) in [7, 11) is 1.62. The highest BCUT2D eigenvalue weighted by Crippen LogP contribution is 2.18. The van der Waals surface area contributed by atoms with Crippen molar-refractivity contribution in [3.05, 3.63) is 60.2 Å². The van der Waals surface area contributed by atoms with Crippen LogP contribution in [0.15, 0.2) is 59.5 Å². The smallest absolute Gasteiger partial charge is 0.224 e. The first-order valence-electron chi connectivity index (χ1n) is 6.86. The first-order chi connectivity index (χ1) is 10.3. The molecule has 0 heterocycles. The fourth-order valence-electron chi connectivity index (χ4n) is 1.96. The summed E-state index contributed by atoms with van der Waals surface area (Å²) in [6.45, 7) is 0.660. The molecule has 0 spiro atoms. The fourth-order valence-corrected chi connectivity index (χ4v) is 2.75. The molecule has 0 aromatic heterocycles. The number of benzene rings is 2. The minimum absolute atomic E-state index is 0.0214. The van der Waals surface area contributed by atoms with Crippen molar-refractivity contribution in [1.82, 2.24) is 5.32 Å². The van der Waals surface area contributed by atoms with Crippen molar-refractivity contribution in [1.29, 1.82) is 0 Å². The van der Waals surface area contributed by atoms with Crippen LogP contribution in [-0.4, -0.2) is 25.3 Å². The van der Waals surface area contributed by atoms with Gasteiger partial charge in [0.1, 0.15) is 5.75 Å². The molecule has 0 unspecified atom stereocenters. The highest BCUT2D eigenvalue weighted by atomic mass is 32.2. The number of rotatable bonds is 7. The average Bonchev–Trinajstić information content (AvgIpc) is 2.53. The van der Waals surface area contributed by atoms with Gasteiger partial charge in [-0.25, -0.2) is 0 Å². The molecule has 3 nitrogen and oxygen atoms in total. The molecule has 0 radical (unpaired) electrons. The lowest BCUT2D eigenvalue weighted by Crippen LogP contribution is -2.27. The van der Waals surface area contributed by atoms with E-state index in [-0.39, 0.29) is 5.91 Å². The van der Waals surface area contributed by atoms with Crippen molar-refractivity contribution < 1.29 is 9.53 Å². The predicted octanol–water partition coefficient (Wildman–Crippen LogP) is 3.15. The van der Waals surface area contributed by atoms with E-state index in [0.29, 0.717) is 13.0 Å². The zero-order valence-electron chi connectivity index (χ0n) is 12.0. The van der Waals surface area contributed by atoms with Gasteiger partial charge in [0.2, 0.25) is 5.91 Å². The van der Waals surface area contributed by atoms with E-state index in [9.17, 15) is 4.79 Å². The standard InChI is InChI=1S/C17H19NO2S/c1-20-16-10-6-5-7-14(16)13-17(19)18-11-12-21-15-8-3-2-4-9-15/h2-10H,11-13H2,1H3,(H,18,19). The molecular weight excluding hydrogens is 282 g/mol. The Kier molecular flexibility index (Phi) is 6.16. The molecule has 0 atom stereocenters. The summed E-state index contributed by atoms with van der Waals surface area (Å²) in [5, 5.41) is 2.94. The second kappa shape index (κ2) is 8.37. The summed E-state index contributed by atoms with van der Waals surface area (Å²) in [4.78, 5) is 13.1. The van der Waals surface area contributed by atoms with Crippen LogP contribution < -0.4 is 10.1 Å². The number of ether oxygens (including phenoxy) is 1. The summed E-state index contributed by atoms with van der Waals surface area (Å²) in [6.07, 6.45) is 0.347. The van der Waals surface area contributed by atoms with Crippen LogP contribution in [0.1, 0.15) is 5.56 Å². The van der Waals surface area contributed by atoms with Gasteiger partial charge in [-0.3, -0.25) is 4.79 Å². The molecule has 0 saturated carbocycles. The zero-order chi connectivity index (χ0) is 14.9. The maximum atomic E-state index is 11.9. The number of hydrogen-bond acceptors (Lipinski definition) is 3. The average molecular weight is 301 g/mol. The summed E-state index contributed by atoms with van der Waals surface area (Å²) in [6, 6.07) is 17.8. The van der Waals surface area contributed by atoms with Crippen molar-refractivity contribution in [2.45, 2.75) is 11.3 Å². The molecule has 0 fully saturated rings. The van der Waals surface area contributed by atoms with E-state index in [1.165, 1.54) is 4.90 Å². The Morgan fingerprint density at radius 3 is 2.57 bits per heavy atom. The minimum Gasteiger partial charge on any atom is -0.496 e. The molecular formula is C17H19NO2S. The van der Waals surface area contributed by atoms with Crippen molar-refractivity contribution >= 4 is 17.7 Å². The third kappa shape index (κ3) is 5.16. The first kappa shape index (κ1) is 15.4. The van der Waals surface area contributed by atoms with Crippen molar-refractivity contribution in [3.8, 4) is 5.75 Å². The number of carbonyl (C=O) groups is 1. The lowest BCUT2D eigenvalue weighted by atomic mass is 10.1. The van der Waals surface area contributed by atoms with Gasteiger partial charge in [0, 0.05) is 22.8 Å². The quantitative estimate of drug-likeness (QED) is 0.630. The molecule has 0 aliphatic carbocycles. The van der Waals surface area contributed by atoms with Crippen molar-refractivity contribution in [2.24, 2.45) is 0 Å². The highest BCUT2D eigenvalue weighted by molar-refractivity contribution is 7.99. The van der Waals surface area contributed by atoms with Gasteiger partial charge in [-0.05, 0) is 18.2 Å². The lowest BCUT2D eigenvalue weighted by Gasteiger charge is -2.08. The van der Waals surface area contributed by atoms with Gasteiger partial charge in [0.25, 0.3) is 0 Å². The number of para-hydroxylation sites is 1. The Morgan fingerprint density at radius 2 is 1.81 bits per heavy atom. The summed E-state index contributed by atoms with van der Waals surface area (Å²) < 4.78 is 5.25. The number of amides is 1. The molecule has 21 heavy (non-hydrogen) atoms. The molecule has 0 aliphatic heterocycles. The van der Waals surface area contributed by atoms with Gasteiger partial charge >= 0.3 is 0 Å². The number of carbonyl (C=O) groups excluding carboxylic acids is 1. The Hall–Kier alpha value is -1.94. The molecule has 0 bridgehead atoms. The van der Waals surface area contributed by atoms with Crippen LogP contribution in [0.3, 0.4) is 0 Å². The maximum Gasteiger partial charge on any atom is 0.224 e. The third-order valence-electron chi connectivity index (χ3n) is 2.98. The molecule has 110 valence electrons. The molecule has 0 aliphatic rings. The molecule has 1 N–H and O–H groups in total. The minimum atomic E-state index is 0.0214. The van der Waals surface area contributed by atoms with E-state index in [1.807, 2.05) is 42.5 Å². The van der Waals surface area contributed by atoms with Gasteiger partial charge in [-0.15, -0.1) is 11.8 Å². The van der Waals surface area contributed by atoms with Gasteiger partial charge in [0.05, 0.1) is 13.5 Å². The Labute approximate surface area is 129 Å². The normalized spacial score (nSPS) is 10.1. The van der Waals surface area contributed by atoms with Crippen molar-refractivity contribution in [2.75, 3.05) is 19.4 Å². The predicted molar refractivity (Wildman–Crippen MR) is 86.9 cm³/mol. The maximum absolute atomic E-state index is 11.9. The van der Waals surface area contributed by atoms with Gasteiger partial charge in [-0.1, -0.05) is 36.4 Å². The van der Waals surface area contributed by atoms with Crippen LogP contribution in [0.25, 0.3) is 0 Å². The Morgan fingerprint density at radius 1 is 1.10 bits per heavy atom. The number of hydrogen-bond donors (Lipinski definition) is 1. The van der Waals surface area contributed by atoms with E-state index >= 15 is 0 Å². The van der Waals surface area contributed by atoms with Gasteiger partial charge < -0.3 is 10.1 Å². The van der Waals surface area contributed by atoms with E-state index in [4.69, 9.17) is 4.74 Å². The van der Waals surface area contributed by atoms with Gasteiger partial charge in [-0.2, -0.15) is 0 Å². The van der Waals surface area contributed by atoms with E-state index in [2.05, 4.69) is 17.4 Å². The van der Waals surface area contributed by atoms with Crippen LogP contribution in [0.5, 0.6) is 5.75 Å². The van der Waals surface area contributed by atoms with Crippen molar-refractivity contribution in [3.63, 3.8) is 0 Å². The fraction of sp³-hybridized carbons (Fsp3) is 0.235. The van der Waals surface area contributed by atoms with E-state index in [1.54, 1.807) is 18.9 Å². The molecule has 2 aromatic rings. The van der Waals surface area contributed by atoms with Crippen LogP contribution in [0, 0.1) is 0 Å². The second-order valence-electron chi connectivity index (χ2n) is 4.50. The van der Waals surface area contributed by atoms with E-state index < -0.39 is 0 Å². The second-order valence-corrected chi connectivity index (χ2v) is 5.67. The molecule has 2 aromatic carbocycles.